The largest absolute Gasteiger partial charge is 0.397 e. The van der Waals surface area contributed by atoms with Gasteiger partial charge in [-0.3, -0.25) is 15.1 Å². The molecule has 1 aliphatic carbocycles. The first-order chi connectivity index (χ1) is 19.6. The van der Waals surface area contributed by atoms with Gasteiger partial charge < -0.3 is 21.1 Å². The number of hydrogen-bond acceptors (Lipinski definition) is 7. The number of amidine groups is 1. The van der Waals surface area contributed by atoms with Gasteiger partial charge in [-0.05, 0) is 49.1 Å². The fraction of sp³-hybridized carbons (Fsp3) is 0.241. The van der Waals surface area contributed by atoms with E-state index < -0.39 is 22.8 Å². The van der Waals surface area contributed by atoms with Crippen LogP contribution in [0.2, 0.25) is 0 Å². The van der Waals surface area contributed by atoms with Crippen molar-refractivity contribution in [1.82, 2.24) is 20.5 Å². The molecule has 2 unspecified atom stereocenters. The molecule has 1 aliphatic heterocycles. The Morgan fingerprint density at radius 2 is 1.80 bits per heavy atom. The van der Waals surface area contributed by atoms with Crippen molar-refractivity contribution in [3.63, 3.8) is 0 Å². The molecular weight excluding hydrogens is 519 g/mol. The minimum absolute atomic E-state index is 0.0887. The Morgan fingerprint density at radius 3 is 2.46 bits per heavy atom. The second kappa shape index (κ2) is 11.2. The Labute approximate surface area is 240 Å². The number of anilines is 1. The number of aromatic nitrogens is 1. The Hall–Kier alpha value is -4.44. The van der Waals surface area contributed by atoms with E-state index in [0.29, 0.717) is 30.9 Å². The van der Waals surface area contributed by atoms with Crippen LogP contribution in [-0.4, -0.2) is 66.4 Å². The molecule has 1 fully saturated rings. The van der Waals surface area contributed by atoms with Crippen molar-refractivity contribution in [3.05, 3.63) is 95.7 Å². The van der Waals surface area contributed by atoms with Crippen LogP contribution in [0.15, 0.2) is 89.2 Å². The van der Waals surface area contributed by atoms with E-state index >= 15 is 0 Å². The first-order valence-corrected chi connectivity index (χ1v) is 13.5. The standard InChI is InChI=1S/C29H32B2FN7O2/c1-39-26(40)23(24(33)37-27(39)38-28(30)15-6-16-29(28,31)41)25(35-20-7-3-2-4-8-20)34-17-18-11-13-19(14-12-18)21-9-5-10-22(32)36-21/h2-5,7-14,34-35,41H,6,15-17,30-31H2,1H3,(H2,33,37,38)/b25-23-. The SMILES string of the molecule is BC1(O)CCCC1(B)NC1=NC(=N)/C(=C(\NCc2ccc(-c3cccc(F)n3)cc2)Nc2ccccc2)C(=O)N1C. The van der Waals surface area contributed by atoms with E-state index in [4.69, 9.17) is 5.41 Å². The van der Waals surface area contributed by atoms with Crippen molar-refractivity contribution in [2.75, 3.05) is 12.4 Å². The third-order valence-electron chi connectivity index (χ3n) is 7.93. The molecule has 2 atom stereocenters. The molecule has 41 heavy (non-hydrogen) atoms. The average molecular weight is 551 g/mol. The number of carbonyl (C=O) groups excluding carboxylic acids is 1. The molecule has 5 N–H and O–H groups in total. The number of aliphatic imine (C=N–C) groups is 1. The first-order valence-electron chi connectivity index (χ1n) is 13.5. The number of hydrogen-bond donors (Lipinski definition) is 5. The molecule has 1 amide bonds. The zero-order valence-electron chi connectivity index (χ0n) is 23.3. The lowest BCUT2D eigenvalue weighted by atomic mass is 9.58. The smallest absolute Gasteiger partial charge is 0.267 e. The zero-order valence-corrected chi connectivity index (χ0v) is 23.3. The summed E-state index contributed by atoms with van der Waals surface area (Å²) in [4.78, 5) is 23.4. The van der Waals surface area contributed by atoms with Crippen molar-refractivity contribution in [2.24, 2.45) is 4.99 Å². The summed E-state index contributed by atoms with van der Waals surface area (Å²) in [5.74, 6) is -0.572. The van der Waals surface area contributed by atoms with Gasteiger partial charge in [0.2, 0.25) is 11.9 Å². The molecule has 5 rings (SSSR count). The maximum Gasteiger partial charge on any atom is 0.267 e. The number of carbonyl (C=O) groups is 1. The summed E-state index contributed by atoms with van der Waals surface area (Å²) in [6.07, 6.45) is 2.20. The summed E-state index contributed by atoms with van der Waals surface area (Å²) in [5.41, 5.74) is 1.40. The number of nitrogens with zero attached hydrogens (tertiary/aromatic N) is 3. The van der Waals surface area contributed by atoms with E-state index in [1.54, 1.807) is 27.0 Å². The van der Waals surface area contributed by atoms with Crippen molar-refractivity contribution in [1.29, 1.82) is 5.41 Å². The van der Waals surface area contributed by atoms with Crippen LogP contribution in [0.3, 0.4) is 0 Å². The molecule has 2 aliphatic rings. The number of nitrogens with one attached hydrogen (secondary N) is 4. The highest BCUT2D eigenvalue weighted by Crippen LogP contribution is 2.35. The summed E-state index contributed by atoms with van der Waals surface area (Å²) < 4.78 is 13.6. The number of para-hydroxylation sites is 1. The highest BCUT2D eigenvalue weighted by Gasteiger charge is 2.48. The van der Waals surface area contributed by atoms with E-state index in [-0.39, 0.29) is 17.4 Å². The number of guanidine groups is 1. The summed E-state index contributed by atoms with van der Waals surface area (Å²) in [6, 6.07) is 21.6. The molecule has 0 bridgehead atoms. The number of benzene rings is 2. The van der Waals surface area contributed by atoms with Gasteiger partial charge in [0.25, 0.3) is 5.91 Å². The first kappa shape index (κ1) is 28.1. The van der Waals surface area contributed by atoms with Gasteiger partial charge in [0.05, 0.1) is 5.69 Å². The van der Waals surface area contributed by atoms with Crippen LogP contribution in [0.4, 0.5) is 10.1 Å². The Balaban J connectivity index is 1.42. The summed E-state index contributed by atoms with van der Waals surface area (Å²) in [6.45, 7) is 0.343. The van der Waals surface area contributed by atoms with Crippen LogP contribution in [0.5, 0.6) is 0 Å². The monoisotopic (exact) mass is 551 g/mol. The second-order valence-electron chi connectivity index (χ2n) is 10.9. The average Bonchev–Trinajstić information content (AvgIpc) is 3.22. The molecule has 0 saturated heterocycles. The number of rotatable bonds is 7. The third-order valence-corrected chi connectivity index (χ3v) is 7.93. The lowest BCUT2D eigenvalue weighted by Crippen LogP contribution is -2.65. The second-order valence-corrected chi connectivity index (χ2v) is 10.9. The molecule has 1 saturated carbocycles. The van der Waals surface area contributed by atoms with Crippen molar-refractivity contribution < 1.29 is 14.3 Å². The van der Waals surface area contributed by atoms with Gasteiger partial charge in [-0.25, -0.2) is 4.98 Å². The molecule has 0 spiro atoms. The van der Waals surface area contributed by atoms with Gasteiger partial charge in [-0.15, -0.1) is 0 Å². The molecule has 9 nitrogen and oxygen atoms in total. The van der Waals surface area contributed by atoms with Crippen LogP contribution < -0.4 is 16.0 Å². The predicted octanol–water partition coefficient (Wildman–Crippen LogP) is 1.53. The summed E-state index contributed by atoms with van der Waals surface area (Å²) >= 11 is 0. The highest BCUT2D eigenvalue weighted by atomic mass is 19.1. The number of amides is 1. The molecule has 12 heteroatoms. The molecule has 0 radical (unpaired) electrons. The van der Waals surface area contributed by atoms with Crippen molar-refractivity contribution >= 4 is 39.1 Å². The maximum atomic E-state index is 13.7. The minimum atomic E-state index is -0.973. The third kappa shape index (κ3) is 5.88. The molecular formula is C29H32B2FN7O2. The fourth-order valence-corrected chi connectivity index (χ4v) is 5.13. The number of aliphatic hydroxyl groups is 1. The van der Waals surface area contributed by atoms with Crippen LogP contribution in [0.25, 0.3) is 11.3 Å². The number of halogens is 1. The number of pyridine rings is 1. The minimum Gasteiger partial charge on any atom is -0.397 e. The van der Waals surface area contributed by atoms with Gasteiger partial charge in [-0.2, -0.15) is 9.38 Å². The van der Waals surface area contributed by atoms with E-state index in [1.165, 1.54) is 11.0 Å². The van der Waals surface area contributed by atoms with Crippen LogP contribution >= 0.6 is 0 Å². The van der Waals surface area contributed by atoms with Gasteiger partial charge >= 0.3 is 0 Å². The lowest BCUT2D eigenvalue weighted by Gasteiger charge is -2.41. The van der Waals surface area contributed by atoms with E-state index in [2.05, 4.69) is 25.9 Å². The Morgan fingerprint density at radius 1 is 1.07 bits per heavy atom. The molecule has 3 aromatic rings. The van der Waals surface area contributed by atoms with E-state index in [9.17, 15) is 14.3 Å². The Kier molecular flexibility index (Phi) is 7.68. The summed E-state index contributed by atoms with van der Waals surface area (Å²) in [5, 5.41) is 29.5. The van der Waals surface area contributed by atoms with E-state index in [0.717, 1.165) is 23.2 Å². The molecule has 2 aromatic carbocycles. The van der Waals surface area contributed by atoms with Gasteiger partial charge in [0.15, 0.2) is 5.84 Å². The van der Waals surface area contributed by atoms with Crippen LogP contribution in [0.1, 0.15) is 24.8 Å². The predicted molar refractivity (Wildman–Crippen MR) is 163 cm³/mol. The number of likely N-dealkylation sites (N-methyl/N-ethyl adjacent to an activating group) is 1. The highest BCUT2D eigenvalue weighted by molar-refractivity contribution is 6.31. The van der Waals surface area contributed by atoms with E-state index in [1.807, 2.05) is 62.4 Å². The maximum absolute atomic E-state index is 13.7. The van der Waals surface area contributed by atoms with Crippen molar-refractivity contribution in [3.8, 4) is 11.3 Å². The van der Waals surface area contributed by atoms with Gasteiger partial charge in [0, 0.05) is 35.8 Å². The summed E-state index contributed by atoms with van der Waals surface area (Å²) in [7, 11) is 5.30. The zero-order chi connectivity index (χ0) is 29.2. The topological polar surface area (TPSA) is 126 Å². The molecule has 1 aromatic heterocycles. The quantitative estimate of drug-likeness (QED) is 0.172. The normalized spacial score (nSPS) is 23.7. The van der Waals surface area contributed by atoms with Gasteiger partial charge in [-0.1, -0.05) is 48.5 Å². The van der Waals surface area contributed by atoms with Crippen molar-refractivity contribution in [2.45, 2.75) is 36.7 Å². The lowest BCUT2D eigenvalue weighted by molar-refractivity contribution is -0.122. The molecule has 208 valence electrons. The van der Waals surface area contributed by atoms with Gasteiger partial charge in [0.1, 0.15) is 27.1 Å². The molecule has 2 heterocycles. The Bertz CT molecular complexity index is 1530. The fourth-order valence-electron chi connectivity index (χ4n) is 5.13. The van der Waals surface area contributed by atoms with Crippen LogP contribution in [-0.2, 0) is 11.3 Å². The van der Waals surface area contributed by atoms with Crippen LogP contribution in [0, 0.1) is 11.4 Å².